The molecular formula is C22H28N2O3. The van der Waals surface area contributed by atoms with Crippen LogP contribution in [0.2, 0.25) is 0 Å². The molecule has 0 aromatic heterocycles. The highest BCUT2D eigenvalue weighted by atomic mass is 16.5. The van der Waals surface area contributed by atoms with E-state index in [0.29, 0.717) is 0 Å². The Kier molecular flexibility index (Phi) is 6.99. The Morgan fingerprint density at radius 2 is 1.63 bits per heavy atom. The lowest BCUT2D eigenvalue weighted by Gasteiger charge is -2.19. The number of likely N-dealkylation sites (N-methyl/N-ethyl adjacent to an activating group) is 1. The van der Waals surface area contributed by atoms with Crippen LogP contribution < -0.4 is 10.1 Å². The van der Waals surface area contributed by atoms with Crippen molar-refractivity contribution in [2.24, 2.45) is 0 Å². The number of hydrogen-bond acceptors (Lipinski definition) is 3. The average molecular weight is 368 g/mol. The summed E-state index contributed by atoms with van der Waals surface area (Å²) in [4.78, 5) is 26.0. The van der Waals surface area contributed by atoms with Crippen molar-refractivity contribution >= 4 is 17.5 Å². The Bertz CT molecular complexity index is 807. The average Bonchev–Trinajstić information content (AvgIpc) is 2.59. The molecule has 5 heteroatoms. The maximum Gasteiger partial charge on any atom is 0.243 e. The number of anilines is 1. The first-order valence-electron chi connectivity index (χ1n) is 9.08. The summed E-state index contributed by atoms with van der Waals surface area (Å²) in [7, 11) is 1.63. The summed E-state index contributed by atoms with van der Waals surface area (Å²) in [6.45, 7) is 8.21. The first kappa shape index (κ1) is 20.5. The molecule has 2 amide bonds. The van der Waals surface area contributed by atoms with Gasteiger partial charge in [-0.15, -0.1) is 0 Å². The van der Waals surface area contributed by atoms with E-state index in [0.717, 1.165) is 33.7 Å². The van der Waals surface area contributed by atoms with Gasteiger partial charge in [-0.25, -0.2) is 0 Å². The van der Waals surface area contributed by atoms with Crippen molar-refractivity contribution in [2.45, 2.75) is 34.1 Å². The fraction of sp³-hybridized carbons (Fsp3) is 0.364. The van der Waals surface area contributed by atoms with E-state index in [1.54, 1.807) is 7.05 Å². The molecule has 0 bridgehead atoms. The molecule has 144 valence electrons. The van der Waals surface area contributed by atoms with Gasteiger partial charge in [-0.1, -0.05) is 35.9 Å². The Morgan fingerprint density at radius 3 is 2.26 bits per heavy atom. The van der Waals surface area contributed by atoms with Crippen molar-refractivity contribution in [3.63, 3.8) is 0 Å². The highest BCUT2D eigenvalue weighted by Crippen LogP contribution is 2.22. The number of para-hydroxylation sites is 1. The normalized spacial score (nSPS) is 10.4. The predicted octanol–water partition coefficient (Wildman–Crippen LogP) is 3.79. The Labute approximate surface area is 161 Å². The Balaban J connectivity index is 1.83. The van der Waals surface area contributed by atoms with Gasteiger partial charge in [0.2, 0.25) is 11.8 Å². The first-order chi connectivity index (χ1) is 12.8. The van der Waals surface area contributed by atoms with Gasteiger partial charge in [0.25, 0.3) is 0 Å². The first-order valence-corrected chi connectivity index (χ1v) is 9.08. The van der Waals surface area contributed by atoms with Crippen LogP contribution in [0.4, 0.5) is 5.69 Å². The van der Waals surface area contributed by atoms with Gasteiger partial charge >= 0.3 is 0 Å². The van der Waals surface area contributed by atoms with Gasteiger partial charge in [0.15, 0.2) is 0 Å². The summed E-state index contributed by atoms with van der Waals surface area (Å²) in [6, 6.07) is 11.7. The molecule has 2 aromatic carbocycles. The van der Waals surface area contributed by atoms with Crippen LogP contribution in [0.25, 0.3) is 0 Å². The van der Waals surface area contributed by atoms with E-state index in [2.05, 4.69) is 5.32 Å². The van der Waals surface area contributed by atoms with Gasteiger partial charge in [-0.3, -0.25) is 9.59 Å². The van der Waals surface area contributed by atoms with Crippen molar-refractivity contribution in [3.8, 4) is 5.75 Å². The number of benzene rings is 2. The number of rotatable bonds is 7. The van der Waals surface area contributed by atoms with Crippen LogP contribution in [0.15, 0.2) is 36.4 Å². The van der Waals surface area contributed by atoms with Crippen molar-refractivity contribution in [1.82, 2.24) is 4.90 Å². The molecule has 0 spiro atoms. The molecule has 0 aliphatic heterocycles. The molecule has 0 atom stereocenters. The molecule has 1 N–H and O–H groups in total. The fourth-order valence-electron chi connectivity index (χ4n) is 3.02. The van der Waals surface area contributed by atoms with E-state index in [4.69, 9.17) is 4.74 Å². The molecule has 0 fully saturated rings. The van der Waals surface area contributed by atoms with E-state index in [1.807, 2.05) is 64.1 Å². The lowest BCUT2D eigenvalue weighted by molar-refractivity contribution is -0.133. The minimum atomic E-state index is -0.208. The summed E-state index contributed by atoms with van der Waals surface area (Å²) in [6.07, 6.45) is 0.223. The number of nitrogens with one attached hydrogen (secondary N) is 1. The molecule has 0 radical (unpaired) electrons. The minimum absolute atomic E-state index is 0.00988. The zero-order chi connectivity index (χ0) is 20.0. The number of carbonyl (C=O) groups excluding carboxylic acids is 2. The van der Waals surface area contributed by atoms with Crippen LogP contribution in [-0.4, -0.2) is 36.9 Å². The lowest BCUT2D eigenvalue weighted by Crippen LogP contribution is -2.35. The van der Waals surface area contributed by atoms with Crippen molar-refractivity contribution in [3.05, 3.63) is 58.7 Å². The van der Waals surface area contributed by atoms with Crippen LogP contribution in [0, 0.1) is 27.7 Å². The van der Waals surface area contributed by atoms with E-state index in [1.165, 1.54) is 4.90 Å². The maximum atomic E-state index is 12.3. The minimum Gasteiger partial charge on any atom is -0.493 e. The second-order valence-corrected chi connectivity index (χ2v) is 6.94. The second kappa shape index (κ2) is 9.21. The summed E-state index contributed by atoms with van der Waals surface area (Å²) < 4.78 is 5.65. The van der Waals surface area contributed by atoms with Crippen LogP contribution in [0.1, 0.15) is 28.7 Å². The fourth-order valence-corrected chi connectivity index (χ4v) is 3.02. The summed E-state index contributed by atoms with van der Waals surface area (Å²) >= 11 is 0. The number of ether oxygens (including phenoxy) is 1. The van der Waals surface area contributed by atoms with Crippen LogP contribution in [-0.2, 0) is 9.59 Å². The number of carbonyl (C=O) groups is 2. The smallest absolute Gasteiger partial charge is 0.243 e. The zero-order valence-electron chi connectivity index (χ0n) is 16.8. The topological polar surface area (TPSA) is 58.6 Å². The number of nitrogens with zero attached hydrogens (tertiary/aromatic N) is 1. The quantitative estimate of drug-likeness (QED) is 0.809. The highest BCUT2D eigenvalue weighted by molar-refractivity contribution is 5.95. The zero-order valence-corrected chi connectivity index (χ0v) is 16.8. The number of aryl methyl sites for hydroxylation is 4. The molecule has 0 aliphatic rings. The third kappa shape index (κ3) is 5.84. The molecule has 0 heterocycles. The Morgan fingerprint density at radius 1 is 1.00 bits per heavy atom. The van der Waals surface area contributed by atoms with E-state index in [-0.39, 0.29) is 31.4 Å². The summed E-state index contributed by atoms with van der Waals surface area (Å²) in [5.41, 5.74) is 5.03. The molecule has 27 heavy (non-hydrogen) atoms. The van der Waals surface area contributed by atoms with E-state index < -0.39 is 0 Å². The van der Waals surface area contributed by atoms with Crippen LogP contribution >= 0.6 is 0 Å². The van der Waals surface area contributed by atoms with Crippen molar-refractivity contribution in [1.29, 1.82) is 0 Å². The molecule has 0 saturated heterocycles. The molecule has 0 aliphatic carbocycles. The van der Waals surface area contributed by atoms with Gasteiger partial charge in [0, 0.05) is 12.7 Å². The maximum absolute atomic E-state index is 12.3. The van der Waals surface area contributed by atoms with Crippen molar-refractivity contribution in [2.75, 3.05) is 25.5 Å². The predicted molar refractivity (Wildman–Crippen MR) is 108 cm³/mol. The van der Waals surface area contributed by atoms with Gasteiger partial charge in [0.05, 0.1) is 19.6 Å². The summed E-state index contributed by atoms with van der Waals surface area (Å²) in [5, 5.41) is 2.92. The Hall–Kier alpha value is -2.82. The largest absolute Gasteiger partial charge is 0.493 e. The SMILES string of the molecule is Cc1cc(C)c(NC(=O)CN(C)C(=O)CCOc2ccccc2C)c(C)c1. The summed E-state index contributed by atoms with van der Waals surface area (Å²) in [5.74, 6) is 0.438. The van der Waals surface area contributed by atoms with Crippen LogP contribution in [0.3, 0.4) is 0 Å². The standard InChI is InChI=1S/C22H28N2O3/c1-15-12-17(3)22(18(4)13-15)23-20(25)14-24(5)21(26)10-11-27-19-9-7-6-8-16(19)2/h6-9,12-13H,10-11,14H2,1-5H3,(H,23,25). The molecular weight excluding hydrogens is 340 g/mol. The van der Waals surface area contributed by atoms with Gasteiger partial charge in [0.1, 0.15) is 5.75 Å². The number of hydrogen-bond donors (Lipinski definition) is 1. The molecule has 2 aromatic rings. The third-order valence-corrected chi connectivity index (χ3v) is 4.42. The monoisotopic (exact) mass is 368 g/mol. The van der Waals surface area contributed by atoms with E-state index in [9.17, 15) is 9.59 Å². The van der Waals surface area contributed by atoms with Gasteiger partial charge in [-0.2, -0.15) is 0 Å². The second-order valence-electron chi connectivity index (χ2n) is 6.94. The molecule has 0 unspecified atom stereocenters. The highest BCUT2D eigenvalue weighted by Gasteiger charge is 2.15. The van der Waals surface area contributed by atoms with E-state index >= 15 is 0 Å². The van der Waals surface area contributed by atoms with Gasteiger partial charge in [-0.05, 0) is 50.5 Å². The van der Waals surface area contributed by atoms with Crippen molar-refractivity contribution < 1.29 is 14.3 Å². The molecule has 5 nitrogen and oxygen atoms in total. The van der Waals surface area contributed by atoms with Crippen LogP contribution in [0.5, 0.6) is 5.75 Å². The lowest BCUT2D eigenvalue weighted by atomic mass is 10.1. The molecule has 0 saturated carbocycles. The molecule has 2 rings (SSSR count). The third-order valence-electron chi connectivity index (χ3n) is 4.42. The number of amides is 2. The van der Waals surface area contributed by atoms with Gasteiger partial charge < -0.3 is 15.0 Å².